The Balaban J connectivity index is 1.96. The van der Waals surface area contributed by atoms with Gasteiger partial charge < -0.3 is 4.90 Å². The maximum Gasteiger partial charge on any atom is 0.185 e. The van der Waals surface area contributed by atoms with Crippen molar-refractivity contribution in [3.05, 3.63) is 82.4 Å². The van der Waals surface area contributed by atoms with Gasteiger partial charge in [-0.05, 0) is 48.0 Å². The van der Waals surface area contributed by atoms with Gasteiger partial charge in [0.2, 0.25) is 0 Å². The lowest BCUT2D eigenvalue weighted by Crippen LogP contribution is -2.07. The van der Waals surface area contributed by atoms with Gasteiger partial charge in [0.15, 0.2) is 5.78 Å². The van der Waals surface area contributed by atoms with Crippen LogP contribution in [0, 0.1) is 0 Å². The standard InChI is InChI=1S/C19H18BrNO/c1-21(2)18-13-7-15(8-14-18)5-3-4-6-19(22)16-9-11-17(20)12-10-16/h3-14H,1-2H3/b5-3+,6-4+. The zero-order valence-electron chi connectivity index (χ0n) is 12.7. The number of ketones is 1. The molecule has 2 aromatic carbocycles. The predicted octanol–water partition coefficient (Wildman–Crippen LogP) is 4.97. The lowest BCUT2D eigenvalue weighted by Gasteiger charge is -2.11. The van der Waals surface area contributed by atoms with E-state index in [9.17, 15) is 4.79 Å². The third kappa shape index (κ3) is 4.71. The van der Waals surface area contributed by atoms with Gasteiger partial charge in [-0.2, -0.15) is 0 Å². The van der Waals surface area contributed by atoms with Crippen LogP contribution >= 0.6 is 15.9 Å². The Kier molecular flexibility index (Phi) is 5.73. The third-order valence-electron chi connectivity index (χ3n) is 3.19. The first-order valence-electron chi connectivity index (χ1n) is 6.98. The van der Waals surface area contributed by atoms with E-state index >= 15 is 0 Å². The van der Waals surface area contributed by atoms with E-state index in [1.165, 1.54) is 0 Å². The maximum absolute atomic E-state index is 11.9. The first-order chi connectivity index (χ1) is 10.6. The van der Waals surface area contributed by atoms with Crippen LogP contribution < -0.4 is 4.90 Å². The summed E-state index contributed by atoms with van der Waals surface area (Å²) in [6.07, 6.45) is 7.20. The Morgan fingerprint density at radius 1 is 0.955 bits per heavy atom. The zero-order chi connectivity index (χ0) is 15.9. The fourth-order valence-corrected chi connectivity index (χ4v) is 2.17. The number of nitrogens with zero attached hydrogens (tertiary/aromatic N) is 1. The maximum atomic E-state index is 11.9. The SMILES string of the molecule is CN(C)c1ccc(/C=C/C=C/C(=O)c2ccc(Br)cc2)cc1. The van der Waals surface area contributed by atoms with Crippen LogP contribution in [0.3, 0.4) is 0 Å². The van der Waals surface area contributed by atoms with E-state index in [4.69, 9.17) is 0 Å². The molecule has 0 aliphatic heterocycles. The van der Waals surface area contributed by atoms with E-state index in [1.807, 2.05) is 38.4 Å². The minimum Gasteiger partial charge on any atom is -0.378 e. The normalized spacial score (nSPS) is 11.2. The molecular formula is C19H18BrNO. The average Bonchev–Trinajstić information content (AvgIpc) is 2.52. The average molecular weight is 356 g/mol. The van der Waals surface area contributed by atoms with Gasteiger partial charge in [0.1, 0.15) is 0 Å². The van der Waals surface area contributed by atoms with Crippen molar-refractivity contribution < 1.29 is 4.79 Å². The molecule has 0 aromatic heterocycles. The summed E-state index contributed by atoms with van der Waals surface area (Å²) in [5.74, 6) is 0.0000979. The summed E-state index contributed by atoms with van der Waals surface area (Å²) in [5.41, 5.74) is 2.95. The number of carbonyl (C=O) groups excluding carboxylic acids is 1. The summed E-state index contributed by atoms with van der Waals surface area (Å²) in [7, 11) is 4.03. The van der Waals surface area contributed by atoms with E-state index in [1.54, 1.807) is 24.3 Å². The largest absolute Gasteiger partial charge is 0.378 e. The van der Waals surface area contributed by atoms with Gasteiger partial charge in [-0.3, -0.25) is 4.79 Å². The monoisotopic (exact) mass is 355 g/mol. The molecule has 0 radical (unpaired) electrons. The Morgan fingerprint density at radius 2 is 1.59 bits per heavy atom. The van der Waals surface area contributed by atoms with Crippen LogP contribution in [0.4, 0.5) is 5.69 Å². The van der Waals surface area contributed by atoms with Crippen molar-refractivity contribution in [2.24, 2.45) is 0 Å². The van der Waals surface area contributed by atoms with Crippen LogP contribution in [-0.4, -0.2) is 19.9 Å². The van der Waals surface area contributed by atoms with Crippen LogP contribution in [0.25, 0.3) is 6.08 Å². The van der Waals surface area contributed by atoms with Gasteiger partial charge >= 0.3 is 0 Å². The van der Waals surface area contributed by atoms with Crippen LogP contribution in [0.15, 0.2) is 71.2 Å². The lowest BCUT2D eigenvalue weighted by atomic mass is 10.1. The second kappa shape index (κ2) is 7.76. The second-order valence-corrected chi connectivity index (χ2v) is 5.99. The Labute approximate surface area is 139 Å². The number of rotatable bonds is 5. The van der Waals surface area contributed by atoms with Crippen molar-refractivity contribution in [2.45, 2.75) is 0 Å². The summed E-state index contributed by atoms with van der Waals surface area (Å²) in [5, 5.41) is 0. The third-order valence-corrected chi connectivity index (χ3v) is 3.71. The fraction of sp³-hybridized carbons (Fsp3) is 0.105. The first kappa shape index (κ1) is 16.2. The zero-order valence-corrected chi connectivity index (χ0v) is 14.2. The van der Waals surface area contributed by atoms with Crippen molar-refractivity contribution in [1.82, 2.24) is 0 Å². The van der Waals surface area contributed by atoms with Crippen LogP contribution in [-0.2, 0) is 0 Å². The summed E-state index contributed by atoms with van der Waals surface area (Å²) in [6.45, 7) is 0. The highest BCUT2D eigenvalue weighted by Crippen LogP contribution is 2.13. The molecule has 0 unspecified atom stereocenters. The summed E-state index contributed by atoms with van der Waals surface area (Å²) in [6, 6.07) is 15.6. The number of anilines is 1. The number of halogens is 1. The molecule has 0 saturated carbocycles. The summed E-state index contributed by atoms with van der Waals surface area (Å²) >= 11 is 3.35. The number of hydrogen-bond acceptors (Lipinski definition) is 2. The Morgan fingerprint density at radius 3 is 2.18 bits per heavy atom. The Bertz CT molecular complexity index is 682. The van der Waals surface area contributed by atoms with E-state index in [0.29, 0.717) is 5.56 Å². The van der Waals surface area contributed by atoms with Gasteiger partial charge in [0, 0.05) is 29.8 Å². The minimum atomic E-state index is 0.0000979. The molecule has 2 rings (SSSR count). The topological polar surface area (TPSA) is 20.3 Å². The summed E-state index contributed by atoms with van der Waals surface area (Å²) in [4.78, 5) is 14.0. The van der Waals surface area contributed by atoms with Gasteiger partial charge in [0.05, 0.1) is 0 Å². The molecular weight excluding hydrogens is 338 g/mol. The molecule has 0 spiro atoms. The van der Waals surface area contributed by atoms with Crippen molar-refractivity contribution >= 4 is 33.5 Å². The molecule has 112 valence electrons. The molecule has 0 fully saturated rings. The highest BCUT2D eigenvalue weighted by Gasteiger charge is 1.99. The van der Waals surface area contributed by atoms with Crippen LogP contribution in [0.1, 0.15) is 15.9 Å². The van der Waals surface area contributed by atoms with Crippen molar-refractivity contribution in [1.29, 1.82) is 0 Å². The number of allylic oxidation sites excluding steroid dienone is 3. The van der Waals surface area contributed by atoms with Gasteiger partial charge in [-0.1, -0.05) is 46.3 Å². The van der Waals surface area contributed by atoms with Crippen molar-refractivity contribution in [3.8, 4) is 0 Å². The minimum absolute atomic E-state index is 0.0000979. The molecule has 0 atom stereocenters. The molecule has 0 aliphatic rings. The predicted molar refractivity (Wildman–Crippen MR) is 97.4 cm³/mol. The molecule has 0 heterocycles. The molecule has 2 nitrogen and oxygen atoms in total. The molecule has 22 heavy (non-hydrogen) atoms. The lowest BCUT2D eigenvalue weighted by molar-refractivity contribution is 0.104. The molecule has 0 saturated heterocycles. The van der Waals surface area contributed by atoms with Crippen LogP contribution in [0.5, 0.6) is 0 Å². The Hall–Kier alpha value is -2.13. The van der Waals surface area contributed by atoms with E-state index < -0.39 is 0 Å². The quantitative estimate of drug-likeness (QED) is 0.428. The number of benzene rings is 2. The van der Waals surface area contributed by atoms with E-state index in [0.717, 1.165) is 15.7 Å². The van der Waals surface area contributed by atoms with Crippen molar-refractivity contribution in [3.63, 3.8) is 0 Å². The number of hydrogen-bond donors (Lipinski definition) is 0. The molecule has 2 aromatic rings. The van der Waals surface area contributed by atoms with Gasteiger partial charge in [-0.25, -0.2) is 0 Å². The van der Waals surface area contributed by atoms with Crippen LogP contribution in [0.2, 0.25) is 0 Å². The fourth-order valence-electron chi connectivity index (χ4n) is 1.90. The first-order valence-corrected chi connectivity index (χ1v) is 7.77. The second-order valence-electron chi connectivity index (χ2n) is 5.08. The van der Waals surface area contributed by atoms with Crippen molar-refractivity contribution in [2.75, 3.05) is 19.0 Å². The highest BCUT2D eigenvalue weighted by molar-refractivity contribution is 9.10. The highest BCUT2D eigenvalue weighted by atomic mass is 79.9. The molecule has 0 amide bonds. The van der Waals surface area contributed by atoms with Gasteiger partial charge in [0.25, 0.3) is 0 Å². The van der Waals surface area contributed by atoms with E-state index in [2.05, 4.69) is 45.1 Å². The number of carbonyl (C=O) groups is 1. The summed E-state index contributed by atoms with van der Waals surface area (Å²) < 4.78 is 0.967. The molecule has 0 N–H and O–H groups in total. The molecule has 0 aliphatic carbocycles. The van der Waals surface area contributed by atoms with Gasteiger partial charge in [-0.15, -0.1) is 0 Å². The molecule has 3 heteroatoms. The smallest absolute Gasteiger partial charge is 0.185 e. The molecule has 0 bridgehead atoms. The van der Waals surface area contributed by atoms with E-state index in [-0.39, 0.29) is 5.78 Å².